The van der Waals surface area contributed by atoms with E-state index in [-0.39, 0.29) is 5.78 Å². The Morgan fingerprint density at radius 2 is 2.00 bits per heavy atom. The molecule has 0 atom stereocenters. The van der Waals surface area contributed by atoms with Gasteiger partial charge in [-0.05, 0) is 59.3 Å². The maximum absolute atomic E-state index is 12.5. The predicted molar refractivity (Wildman–Crippen MR) is 86.1 cm³/mol. The van der Waals surface area contributed by atoms with Crippen molar-refractivity contribution in [3.63, 3.8) is 0 Å². The molecule has 2 rings (SSSR count). The highest BCUT2D eigenvalue weighted by atomic mass is 79.9. The topological polar surface area (TPSA) is 61.5 Å². The zero-order chi connectivity index (χ0) is 15.4. The number of nitrogen functional groups attached to an aromatic ring is 1. The summed E-state index contributed by atoms with van der Waals surface area (Å²) in [7, 11) is 1.54. The van der Waals surface area contributed by atoms with Crippen molar-refractivity contribution in [2.24, 2.45) is 0 Å². The molecule has 0 amide bonds. The predicted octanol–water partition coefficient (Wildman–Crippen LogP) is 3.67. The first-order valence-electron chi connectivity index (χ1n) is 6.47. The van der Waals surface area contributed by atoms with Crippen LogP contribution in [0.5, 0.6) is 11.5 Å². The molecule has 0 heterocycles. The molecule has 0 spiro atoms. The van der Waals surface area contributed by atoms with Crippen molar-refractivity contribution in [1.82, 2.24) is 0 Å². The van der Waals surface area contributed by atoms with Gasteiger partial charge in [-0.25, -0.2) is 0 Å². The van der Waals surface area contributed by atoms with E-state index in [9.17, 15) is 4.79 Å². The molecule has 2 N–H and O–H groups in total. The number of ether oxygens (including phenoxy) is 2. The molecule has 0 unspecified atom stereocenters. The van der Waals surface area contributed by atoms with Gasteiger partial charge in [0.05, 0.1) is 19.4 Å². The molecular formula is C16H16BrNO3. The summed E-state index contributed by atoms with van der Waals surface area (Å²) in [6.07, 6.45) is 0. The molecule has 2 aromatic carbocycles. The van der Waals surface area contributed by atoms with Crippen molar-refractivity contribution >= 4 is 27.4 Å². The summed E-state index contributed by atoms with van der Waals surface area (Å²) >= 11 is 3.40. The highest BCUT2D eigenvalue weighted by molar-refractivity contribution is 9.10. The Hall–Kier alpha value is -2.01. The molecule has 110 valence electrons. The van der Waals surface area contributed by atoms with Crippen LogP contribution in [0.4, 0.5) is 5.69 Å². The normalized spacial score (nSPS) is 10.2. The molecule has 0 aliphatic heterocycles. The fraction of sp³-hybridized carbons (Fsp3) is 0.188. The van der Waals surface area contributed by atoms with Gasteiger partial charge >= 0.3 is 0 Å². The number of anilines is 1. The van der Waals surface area contributed by atoms with Gasteiger partial charge in [-0.15, -0.1) is 0 Å². The third-order valence-corrected chi connectivity index (χ3v) is 3.64. The van der Waals surface area contributed by atoms with Gasteiger partial charge in [-0.3, -0.25) is 4.79 Å². The third-order valence-electron chi connectivity index (χ3n) is 2.99. The van der Waals surface area contributed by atoms with Crippen molar-refractivity contribution in [1.29, 1.82) is 0 Å². The summed E-state index contributed by atoms with van der Waals surface area (Å²) in [6, 6.07) is 10.3. The molecule has 4 nitrogen and oxygen atoms in total. The van der Waals surface area contributed by atoms with E-state index in [4.69, 9.17) is 15.2 Å². The summed E-state index contributed by atoms with van der Waals surface area (Å²) in [5.74, 6) is 1.16. The summed E-state index contributed by atoms with van der Waals surface area (Å²) in [4.78, 5) is 12.5. The number of halogens is 1. The van der Waals surface area contributed by atoms with Gasteiger partial charge in [0.2, 0.25) is 0 Å². The van der Waals surface area contributed by atoms with Crippen LogP contribution in [-0.2, 0) is 0 Å². The molecule has 0 fully saturated rings. The molecule has 21 heavy (non-hydrogen) atoms. The van der Waals surface area contributed by atoms with E-state index in [1.165, 1.54) is 7.11 Å². The number of rotatable bonds is 5. The van der Waals surface area contributed by atoms with Crippen LogP contribution in [0.15, 0.2) is 40.9 Å². The summed E-state index contributed by atoms with van der Waals surface area (Å²) < 4.78 is 11.2. The average molecular weight is 350 g/mol. The molecular weight excluding hydrogens is 334 g/mol. The number of nitrogens with two attached hydrogens (primary N) is 1. The average Bonchev–Trinajstić information content (AvgIpc) is 2.47. The Kier molecular flexibility index (Phi) is 4.85. The monoisotopic (exact) mass is 349 g/mol. The lowest BCUT2D eigenvalue weighted by atomic mass is 10.0. The van der Waals surface area contributed by atoms with E-state index in [0.717, 1.165) is 5.75 Å². The molecule has 0 aliphatic carbocycles. The maximum atomic E-state index is 12.5. The first kappa shape index (κ1) is 15.4. The highest BCUT2D eigenvalue weighted by Gasteiger charge is 2.14. The Bertz CT molecular complexity index is 671. The van der Waals surface area contributed by atoms with Crippen LogP contribution < -0.4 is 15.2 Å². The van der Waals surface area contributed by atoms with Crippen LogP contribution in [0.1, 0.15) is 22.8 Å². The Balaban J connectivity index is 2.33. The van der Waals surface area contributed by atoms with E-state index >= 15 is 0 Å². The number of carbonyl (C=O) groups is 1. The zero-order valence-electron chi connectivity index (χ0n) is 11.9. The Morgan fingerprint density at radius 3 is 2.57 bits per heavy atom. The minimum absolute atomic E-state index is 0.112. The molecule has 0 aromatic heterocycles. The van der Waals surface area contributed by atoms with Crippen LogP contribution in [0, 0.1) is 0 Å². The van der Waals surface area contributed by atoms with E-state index in [1.807, 2.05) is 6.92 Å². The first-order valence-corrected chi connectivity index (χ1v) is 7.26. The van der Waals surface area contributed by atoms with Crippen molar-refractivity contribution < 1.29 is 14.3 Å². The number of carbonyl (C=O) groups excluding carboxylic acids is 1. The van der Waals surface area contributed by atoms with Gasteiger partial charge in [-0.2, -0.15) is 0 Å². The SMILES string of the molecule is CCOc1ccc(C(=O)c2ccc(OC)c(N)c2)c(Br)c1. The van der Waals surface area contributed by atoms with Gasteiger partial charge in [0, 0.05) is 15.6 Å². The van der Waals surface area contributed by atoms with Crippen molar-refractivity contribution in [2.45, 2.75) is 6.92 Å². The van der Waals surface area contributed by atoms with Crippen LogP contribution in [-0.4, -0.2) is 19.5 Å². The summed E-state index contributed by atoms with van der Waals surface area (Å²) in [6.45, 7) is 2.49. The lowest BCUT2D eigenvalue weighted by Gasteiger charge is -2.09. The first-order chi connectivity index (χ1) is 10.1. The summed E-state index contributed by atoms with van der Waals surface area (Å²) in [5, 5.41) is 0. The van der Waals surface area contributed by atoms with E-state index in [0.29, 0.717) is 33.6 Å². The van der Waals surface area contributed by atoms with E-state index in [2.05, 4.69) is 15.9 Å². The molecule has 0 aliphatic rings. The van der Waals surface area contributed by atoms with Gasteiger partial charge in [0.25, 0.3) is 0 Å². The number of benzene rings is 2. The molecule has 0 radical (unpaired) electrons. The maximum Gasteiger partial charge on any atom is 0.194 e. The fourth-order valence-corrected chi connectivity index (χ4v) is 2.51. The second-order valence-corrected chi connectivity index (χ2v) is 5.21. The van der Waals surface area contributed by atoms with E-state index < -0.39 is 0 Å². The van der Waals surface area contributed by atoms with E-state index in [1.54, 1.807) is 36.4 Å². The second kappa shape index (κ2) is 6.63. The molecule has 0 bridgehead atoms. The Labute approximate surface area is 132 Å². The number of hydrogen-bond donors (Lipinski definition) is 1. The van der Waals surface area contributed by atoms with Crippen molar-refractivity contribution in [3.05, 3.63) is 52.0 Å². The van der Waals surface area contributed by atoms with Crippen LogP contribution in [0.25, 0.3) is 0 Å². The Morgan fingerprint density at radius 1 is 1.24 bits per heavy atom. The van der Waals surface area contributed by atoms with Crippen molar-refractivity contribution in [3.8, 4) is 11.5 Å². The van der Waals surface area contributed by atoms with Crippen molar-refractivity contribution in [2.75, 3.05) is 19.5 Å². The minimum atomic E-state index is -0.112. The molecule has 0 saturated carbocycles. The van der Waals surface area contributed by atoms with Gasteiger partial charge in [-0.1, -0.05) is 0 Å². The quantitative estimate of drug-likeness (QED) is 0.660. The number of hydrogen-bond acceptors (Lipinski definition) is 4. The largest absolute Gasteiger partial charge is 0.495 e. The third kappa shape index (κ3) is 3.36. The zero-order valence-corrected chi connectivity index (χ0v) is 13.4. The van der Waals surface area contributed by atoms with Crippen LogP contribution >= 0.6 is 15.9 Å². The minimum Gasteiger partial charge on any atom is -0.495 e. The lowest BCUT2D eigenvalue weighted by Crippen LogP contribution is -2.04. The molecule has 5 heteroatoms. The second-order valence-electron chi connectivity index (χ2n) is 4.36. The van der Waals surface area contributed by atoms with Crippen LogP contribution in [0.3, 0.4) is 0 Å². The van der Waals surface area contributed by atoms with Gasteiger partial charge < -0.3 is 15.2 Å². The molecule has 2 aromatic rings. The fourth-order valence-electron chi connectivity index (χ4n) is 1.97. The summed E-state index contributed by atoms with van der Waals surface area (Å²) in [5.41, 5.74) is 7.35. The lowest BCUT2D eigenvalue weighted by molar-refractivity contribution is 0.103. The number of ketones is 1. The smallest absolute Gasteiger partial charge is 0.194 e. The standard InChI is InChI=1S/C16H16BrNO3/c1-3-21-11-5-6-12(13(17)9-11)16(19)10-4-7-15(20-2)14(18)8-10/h4-9H,3,18H2,1-2H3. The highest BCUT2D eigenvalue weighted by Crippen LogP contribution is 2.28. The van der Waals surface area contributed by atoms with Gasteiger partial charge in [0.15, 0.2) is 5.78 Å². The van der Waals surface area contributed by atoms with Gasteiger partial charge in [0.1, 0.15) is 11.5 Å². The van der Waals surface area contributed by atoms with Crippen LogP contribution in [0.2, 0.25) is 0 Å². The number of methoxy groups -OCH3 is 1. The molecule has 0 saturated heterocycles.